The van der Waals surface area contributed by atoms with Gasteiger partial charge in [0.2, 0.25) is 5.91 Å². The number of imide groups is 1. The van der Waals surface area contributed by atoms with Crippen LogP contribution in [0.15, 0.2) is 30.3 Å². The van der Waals surface area contributed by atoms with Crippen LogP contribution in [-0.4, -0.2) is 42.3 Å². The third-order valence-corrected chi connectivity index (χ3v) is 5.61. The average molecular weight is 355 g/mol. The number of nitrogens with zero attached hydrogens (tertiary/aromatic N) is 1. The standard InChI is InChI=1S/C16H22NO6P/c1-4-21-24(20,22-5-2)11-14(18)17-12(3)15(23-16(17)19)13-9-7-6-8-10-13/h6-10,12,15H,4-5,11H2,1-3H3/t12-,15-/m1/s1. The zero-order chi connectivity index (χ0) is 17.7. The van der Waals surface area contributed by atoms with E-state index in [1.54, 1.807) is 20.8 Å². The van der Waals surface area contributed by atoms with E-state index in [2.05, 4.69) is 0 Å². The molecule has 1 aliphatic heterocycles. The second-order valence-corrected chi connectivity index (χ2v) is 7.38. The number of rotatable bonds is 7. The highest BCUT2D eigenvalue weighted by Gasteiger charge is 2.45. The van der Waals surface area contributed by atoms with Crippen molar-refractivity contribution in [1.82, 2.24) is 4.90 Å². The predicted molar refractivity (Wildman–Crippen MR) is 87.7 cm³/mol. The normalized spacial score (nSPS) is 21.0. The summed E-state index contributed by atoms with van der Waals surface area (Å²) in [6.07, 6.45) is -1.79. The maximum atomic E-state index is 12.5. The highest BCUT2D eigenvalue weighted by Crippen LogP contribution is 2.48. The summed E-state index contributed by atoms with van der Waals surface area (Å²) in [4.78, 5) is 25.6. The minimum Gasteiger partial charge on any atom is -0.439 e. The van der Waals surface area contributed by atoms with Gasteiger partial charge in [0.15, 0.2) is 0 Å². The lowest BCUT2D eigenvalue weighted by Crippen LogP contribution is -2.39. The van der Waals surface area contributed by atoms with Crippen molar-refractivity contribution in [2.24, 2.45) is 0 Å². The van der Waals surface area contributed by atoms with Crippen LogP contribution in [0.1, 0.15) is 32.4 Å². The van der Waals surface area contributed by atoms with Gasteiger partial charge in [0, 0.05) is 0 Å². The Bertz CT molecular complexity index is 625. The van der Waals surface area contributed by atoms with Crippen LogP contribution in [0.4, 0.5) is 4.79 Å². The van der Waals surface area contributed by atoms with Crippen LogP contribution in [0.5, 0.6) is 0 Å². The number of hydrogen-bond donors (Lipinski definition) is 0. The van der Waals surface area contributed by atoms with Crippen molar-refractivity contribution in [1.29, 1.82) is 0 Å². The van der Waals surface area contributed by atoms with Crippen molar-refractivity contribution in [3.8, 4) is 0 Å². The van der Waals surface area contributed by atoms with Crippen LogP contribution in [0.25, 0.3) is 0 Å². The van der Waals surface area contributed by atoms with Gasteiger partial charge in [-0.1, -0.05) is 30.3 Å². The number of hydrogen-bond acceptors (Lipinski definition) is 6. The predicted octanol–water partition coefficient (Wildman–Crippen LogP) is 3.36. The van der Waals surface area contributed by atoms with Crippen molar-refractivity contribution in [2.45, 2.75) is 32.9 Å². The summed E-state index contributed by atoms with van der Waals surface area (Å²) in [5.74, 6) is -0.629. The van der Waals surface area contributed by atoms with Gasteiger partial charge < -0.3 is 13.8 Å². The van der Waals surface area contributed by atoms with E-state index in [1.165, 1.54) is 0 Å². The van der Waals surface area contributed by atoms with Gasteiger partial charge in [0.05, 0.1) is 19.3 Å². The molecule has 0 unspecified atom stereocenters. The molecule has 132 valence electrons. The smallest absolute Gasteiger partial charge is 0.417 e. The second-order valence-electron chi connectivity index (χ2n) is 5.32. The molecule has 1 aromatic rings. The van der Waals surface area contributed by atoms with Crippen LogP contribution in [0.2, 0.25) is 0 Å². The Morgan fingerprint density at radius 2 is 1.79 bits per heavy atom. The molecule has 0 saturated carbocycles. The van der Waals surface area contributed by atoms with Gasteiger partial charge in [-0.2, -0.15) is 0 Å². The lowest BCUT2D eigenvalue weighted by atomic mass is 10.0. The molecule has 0 aliphatic carbocycles. The molecule has 2 atom stereocenters. The van der Waals surface area contributed by atoms with Crippen molar-refractivity contribution in [3.63, 3.8) is 0 Å². The molecule has 2 amide bonds. The highest BCUT2D eigenvalue weighted by molar-refractivity contribution is 7.54. The molecular weight excluding hydrogens is 333 g/mol. The van der Waals surface area contributed by atoms with E-state index in [-0.39, 0.29) is 13.2 Å². The number of carbonyl (C=O) groups is 2. The molecule has 1 heterocycles. The van der Waals surface area contributed by atoms with Gasteiger partial charge in [-0.05, 0) is 26.3 Å². The molecule has 8 heteroatoms. The number of amides is 2. The van der Waals surface area contributed by atoms with Gasteiger partial charge in [-0.3, -0.25) is 9.36 Å². The zero-order valence-electron chi connectivity index (χ0n) is 14.0. The first-order chi connectivity index (χ1) is 11.4. The summed E-state index contributed by atoms with van der Waals surface area (Å²) in [5.41, 5.74) is 0.798. The van der Waals surface area contributed by atoms with E-state index in [1.807, 2.05) is 30.3 Å². The Kier molecular flexibility index (Phi) is 6.15. The summed E-state index contributed by atoms with van der Waals surface area (Å²) in [6.45, 7) is 5.34. The van der Waals surface area contributed by atoms with Gasteiger partial charge in [0.25, 0.3) is 0 Å². The van der Waals surface area contributed by atoms with Gasteiger partial charge in [0.1, 0.15) is 12.3 Å². The fourth-order valence-electron chi connectivity index (χ4n) is 2.65. The van der Waals surface area contributed by atoms with Gasteiger partial charge >= 0.3 is 13.7 Å². The van der Waals surface area contributed by atoms with Crippen LogP contribution in [0.3, 0.4) is 0 Å². The maximum absolute atomic E-state index is 12.5. The monoisotopic (exact) mass is 355 g/mol. The molecule has 0 N–H and O–H groups in total. The minimum absolute atomic E-state index is 0.150. The summed E-state index contributed by atoms with van der Waals surface area (Å²) in [5, 5.41) is 0. The Morgan fingerprint density at radius 1 is 1.21 bits per heavy atom. The first-order valence-corrected chi connectivity index (χ1v) is 9.60. The van der Waals surface area contributed by atoms with Crippen molar-refractivity contribution >= 4 is 19.6 Å². The lowest BCUT2D eigenvalue weighted by molar-refractivity contribution is -0.126. The number of ether oxygens (including phenoxy) is 1. The van der Waals surface area contributed by atoms with E-state index < -0.39 is 37.9 Å². The first-order valence-electron chi connectivity index (χ1n) is 7.87. The molecule has 1 aliphatic rings. The molecule has 7 nitrogen and oxygen atoms in total. The second kappa shape index (κ2) is 7.92. The van der Waals surface area contributed by atoms with E-state index >= 15 is 0 Å². The maximum Gasteiger partial charge on any atom is 0.417 e. The number of benzene rings is 1. The fraction of sp³-hybridized carbons (Fsp3) is 0.500. The summed E-state index contributed by atoms with van der Waals surface area (Å²) in [7, 11) is -3.57. The van der Waals surface area contributed by atoms with Crippen LogP contribution in [0, 0.1) is 0 Å². The molecule has 0 spiro atoms. The Balaban J connectivity index is 2.14. The molecule has 1 saturated heterocycles. The van der Waals surface area contributed by atoms with E-state index in [0.717, 1.165) is 10.5 Å². The molecule has 24 heavy (non-hydrogen) atoms. The zero-order valence-corrected chi connectivity index (χ0v) is 14.9. The number of carbonyl (C=O) groups excluding carboxylic acids is 2. The Hall–Kier alpha value is -1.69. The van der Waals surface area contributed by atoms with Crippen LogP contribution >= 0.6 is 7.60 Å². The molecule has 1 aromatic carbocycles. The summed E-state index contributed by atoms with van der Waals surface area (Å²) >= 11 is 0. The lowest BCUT2D eigenvalue weighted by Gasteiger charge is -2.22. The molecular formula is C16H22NO6P. The third kappa shape index (κ3) is 4.04. The number of cyclic esters (lactones) is 1. The van der Waals surface area contributed by atoms with Gasteiger partial charge in [-0.25, -0.2) is 9.69 Å². The molecule has 1 fully saturated rings. The van der Waals surface area contributed by atoms with E-state index in [9.17, 15) is 14.2 Å². The topological polar surface area (TPSA) is 82.1 Å². The molecule has 2 rings (SSSR count). The van der Waals surface area contributed by atoms with Crippen molar-refractivity contribution in [3.05, 3.63) is 35.9 Å². The first kappa shape index (κ1) is 18.6. The molecule has 0 radical (unpaired) electrons. The summed E-state index contributed by atoms with van der Waals surface area (Å²) in [6, 6.07) is 8.66. The molecule has 0 bridgehead atoms. The average Bonchev–Trinajstić information content (AvgIpc) is 2.83. The van der Waals surface area contributed by atoms with E-state index in [4.69, 9.17) is 13.8 Å². The highest BCUT2D eigenvalue weighted by atomic mass is 31.2. The van der Waals surface area contributed by atoms with Gasteiger partial charge in [-0.15, -0.1) is 0 Å². The SMILES string of the molecule is CCOP(=O)(CC(=O)N1C(=O)O[C@@H](c2ccccc2)[C@H]1C)OCC. The Labute approximate surface area is 141 Å². The third-order valence-electron chi connectivity index (χ3n) is 3.65. The van der Waals surface area contributed by atoms with E-state index in [0.29, 0.717) is 0 Å². The summed E-state index contributed by atoms with van der Waals surface area (Å²) < 4.78 is 28.1. The quantitative estimate of drug-likeness (QED) is 0.698. The Morgan fingerprint density at radius 3 is 2.33 bits per heavy atom. The molecule has 0 aromatic heterocycles. The van der Waals surface area contributed by atoms with Crippen LogP contribution < -0.4 is 0 Å². The van der Waals surface area contributed by atoms with Crippen molar-refractivity contribution < 1.29 is 27.9 Å². The van der Waals surface area contributed by atoms with Crippen molar-refractivity contribution in [2.75, 3.05) is 19.4 Å². The largest absolute Gasteiger partial charge is 0.439 e. The van der Waals surface area contributed by atoms with Crippen LogP contribution in [-0.2, 0) is 23.1 Å². The minimum atomic E-state index is -3.57. The fourth-order valence-corrected chi connectivity index (χ4v) is 4.18.